The lowest BCUT2D eigenvalue weighted by Gasteiger charge is -2.16. The number of hydrazine groups is 1. The summed E-state index contributed by atoms with van der Waals surface area (Å²) in [6.07, 6.45) is 3.32. The van der Waals surface area contributed by atoms with Crippen LogP contribution < -0.4 is 20.9 Å². The highest BCUT2D eigenvalue weighted by Gasteiger charge is 2.16. The zero-order chi connectivity index (χ0) is 19.8. The Labute approximate surface area is 170 Å². The summed E-state index contributed by atoms with van der Waals surface area (Å²) in [5, 5.41) is 3.01. The summed E-state index contributed by atoms with van der Waals surface area (Å²) < 4.78 is 10.5. The SMILES string of the molecule is CC(Oc1ccc(Cl)cc1Cl)C(=O)NNC(=S)NC(=O)C=Cc1ccco1. The molecule has 27 heavy (non-hydrogen) atoms. The Hall–Kier alpha value is -2.55. The molecule has 142 valence electrons. The Kier molecular flexibility index (Phi) is 7.66. The molecule has 2 amide bonds. The smallest absolute Gasteiger partial charge is 0.279 e. The van der Waals surface area contributed by atoms with Crippen molar-refractivity contribution < 1.29 is 18.7 Å². The van der Waals surface area contributed by atoms with Crippen molar-refractivity contribution in [1.82, 2.24) is 16.2 Å². The van der Waals surface area contributed by atoms with Crippen LogP contribution in [0.4, 0.5) is 0 Å². The summed E-state index contributed by atoms with van der Waals surface area (Å²) in [5.41, 5.74) is 4.73. The fraction of sp³-hybridized carbons (Fsp3) is 0.118. The number of hydrogen-bond acceptors (Lipinski definition) is 5. The molecule has 0 radical (unpaired) electrons. The monoisotopic (exact) mass is 427 g/mol. The van der Waals surface area contributed by atoms with Gasteiger partial charge in [-0.25, -0.2) is 0 Å². The summed E-state index contributed by atoms with van der Waals surface area (Å²) >= 11 is 16.7. The highest BCUT2D eigenvalue weighted by molar-refractivity contribution is 7.80. The third kappa shape index (κ3) is 6.93. The van der Waals surface area contributed by atoms with Gasteiger partial charge < -0.3 is 9.15 Å². The van der Waals surface area contributed by atoms with Gasteiger partial charge in [-0.15, -0.1) is 0 Å². The summed E-state index contributed by atoms with van der Waals surface area (Å²) in [6.45, 7) is 1.52. The molecule has 0 saturated heterocycles. The molecule has 2 rings (SSSR count). The Morgan fingerprint density at radius 2 is 2.04 bits per heavy atom. The minimum absolute atomic E-state index is 0.0887. The first-order valence-electron chi connectivity index (χ1n) is 7.59. The van der Waals surface area contributed by atoms with Crippen LogP contribution in [0.25, 0.3) is 6.08 Å². The van der Waals surface area contributed by atoms with E-state index in [1.165, 1.54) is 31.4 Å². The molecule has 1 unspecified atom stereocenters. The predicted molar refractivity (Wildman–Crippen MR) is 106 cm³/mol. The van der Waals surface area contributed by atoms with Gasteiger partial charge in [-0.3, -0.25) is 25.8 Å². The van der Waals surface area contributed by atoms with Gasteiger partial charge in [0.15, 0.2) is 11.2 Å². The number of benzene rings is 1. The fourth-order valence-corrected chi connectivity index (χ4v) is 2.37. The summed E-state index contributed by atoms with van der Waals surface area (Å²) in [6, 6.07) is 8.03. The number of furan rings is 1. The molecule has 0 spiro atoms. The fourth-order valence-electron chi connectivity index (χ4n) is 1.76. The van der Waals surface area contributed by atoms with E-state index in [1.807, 2.05) is 0 Å². The quantitative estimate of drug-likeness (QED) is 0.385. The van der Waals surface area contributed by atoms with Crippen LogP contribution in [-0.2, 0) is 9.59 Å². The van der Waals surface area contributed by atoms with Crippen LogP contribution in [0.5, 0.6) is 5.75 Å². The molecular weight excluding hydrogens is 413 g/mol. The summed E-state index contributed by atoms with van der Waals surface area (Å²) in [5.74, 6) is -0.189. The average Bonchev–Trinajstić information content (AvgIpc) is 3.13. The first-order valence-corrected chi connectivity index (χ1v) is 8.75. The Morgan fingerprint density at radius 3 is 2.70 bits per heavy atom. The van der Waals surface area contributed by atoms with Crippen molar-refractivity contribution in [2.75, 3.05) is 0 Å². The van der Waals surface area contributed by atoms with Crippen molar-refractivity contribution in [3.63, 3.8) is 0 Å². The van der Waals surface area contributed by atoms with Crippen molar-refractivity contribution in [2.24, 2.45) is 0 Å². The normalized spacial score (nSPS) is 11.7. The maximum Gasteiger partial charge on any atom is 0.279 e. The van der Waals surface area contributed by atoms with Crippen LogP contribution in [0.15, 0.2) is 47.1 Å². The third-order valence-corrected chi connectivity index (χ3v) is 3.78. The van der Waals surface area contributed by atoms with Crippen molar-refractivity contribution in [1.29, 1.82) is 0 Å². The molecule has 1 aromatic heterocycles. The molecule has 10 heteroatoms. The maximum absolute atomic E-state index is 12.0. The van der Waals surface area contributed by atoms with E-state index in [9.17, 15) is 9.59 Å². The highest BCUT2D eigenvalue weighted by Crippen LogP contribution is 2.28. The molecule has 0 aliphatic rings. The Bertz CT molecular complexity index is 856. The van der Waals surface area contributed by atoms with E-state index in [2.05, 4.69) is 16.2 Å². The van der Waals surface area contributed by atoms with E-state index in [4.69, 9.17) is 44.6 Å². The average molecular weight is 428 g/mol. The molecule has 0 saturated carbocycles. The van der Waals surface area contributed by atoms with Gasteiger partial charge in [0.25, 0.3) is 5.91 Å². The molecule has 1 heterocycles. The second-order valence-electron chi connectivity index (χ2n) is 5.12. The number of hydrogen-bond donors (Lipinski definition) is 3. The van der Waals surface area contributed by atoms with E-state index in [1.54, 1.807) is 24.3 Å². The number of carbonyl (C=O) groups excluding carboxylic acids is 2. The van der Waals surface area contributed by atoms with Crippen LogP contribution in [0.3, 0.4) is 0 Å². The van der Waals surface area contributed by atoms with Crippen molar-refractivity contribution in [2.45, 2.75) is 13.0 Å². The zero-order valence-electron chi connectivity index (χ0n) is 14.0. The summed E-state index contributed by atoms with van der Waals surface area (Å²) in [4.78, 5) is 23.7. The topological polar surface area (TPSA) is 92.6 Å². The van der Waals surface area contributed by atoms with E-state index in [0.29, 0.717) is 16.5 Å². The minimum Gasteiger partial charge on any atom is -0.479 e. The van der Waals surface area contributed by atoms with E-state index < -0.39 is 17.9 Å². The number of ether oxygens (including phenoxy) is 1. The van der Waals surface area contributed by atoms with Crippen LogP contribution in [0.1, 0.15) is 12.7 Å². The van der Waals surface area contributed by atoms with Crippen LogP contribution >= 0.6 is 35.4 Å². The van der Waals surface area contributed by atoms with E-state index >= 15 is 0 Å². The lowest BCUT2D eigenvalue weighted by atomic mass is 10.3. The number of carbonyl (C=O) groups is 2. The minimum atomic E-state index is -0.881. The Balaban J connectivity index is 1.76. The molecule has 2 aromatic rings. The van der Waals surface area contributed by atoms with Crippen LogP contribution in [0.2, 0.25) is 10.0 Å². The number of halogens is 2. The molecule has 1 atom stereocenters. The molecule has 0 aliphatic heterocycles. The van der Waals surface area contributed by atoms with E-state index in [0.717, 1.165) is 0 Å². The van der Waals surface area contributed by atoms with Gasteiger partial charge in [-0.2, -0.15) is 0 Å². The number of thiocarbonyl (C=S) groups is 1. The molecule has 0 fully saturated rings. The largest absolute Gasteiger partial charge is 0.479 e. The van der Waals surface area contributed by atoms with E-state index in [-0.39, 0.29) is 10.1 Å². The molecular formula is C17H15Cl2N3O4S. The maximum atomic E-state index is 12.0. The first kappa shape index (κ1) is 20.8. The molecule has 3 N–H and O–H groups in total. The third-order valence-electron chi connectivity index (χ3n) is 3.05. The van der Waals surface area contributed by atoms with Gasteiger partial charge in [0.1, 0.15) is 11.5 Å². The van der Waals surface area contributed by atoms with Gasteiger partial charge in [0.05, 0.1) is 11.3 Å². The van der Waals surface area contributed by atoms with Gasteiger partial charge in [-0.1, -0.05) is 23.2 Å². The lowest BCUT2D eigenvalue weighted by molar-refractivity contribution is -0.128. The zero-order valence-corrected chi connectivity index (χ0v) is 16.3. The van der Waals surface area contributed by atoms with Gasteiger partial charge in [-0.05, 0) is 55.5 Å². The lowest BCUT2D eigenvalue weighted by Crippen LogP contribution is -2.51. The van der Waals surface area contributed by atoms with Gasteiger partial charge >= 0.3 is 0 Å². The second-order valence-corrected chi connectivity index (χ2v) is 6.37. The van der Waals surface area contributed by atoms with Crippen molar-refractivity contribution >= 4 is 58.4 Å². The van der Waals surface area contributed by atoms with Gasteiger partial charge in [0, 0.05) is 11.1 Å². The Morgan fingerprint density at radius 1 is 1.26 bits per heavy atom. The van der Waals surface area contributed by atoms with Crippen molar-refractivity contribution in [3.8, 4) is 5.75 Å². The van der Waals surface area contributed by atoms with Gasteiger partial charge in [0.2, 0.25) is 5.91 Å². The highest BCUT2D eigenvalue weighted by atomic mass is 35.5. The standard InChI is InChI=1S/C17H15Cl2N3O4S/c1-10(26-14-6-4-11(18)9-13(14)19)16(24)21-22-17(27)20-15(23)7-5-12-3-2-8-25-12/h2-10H,1H3,(H,21,24)(H2,20,22,23,27). The molecule has 1 aromatic carbocycles. The first-order chi connectivity index (χ1) is 12.8. The second kappa shape index (κ2) is 9.96. The summed E-state index contributed by atoms with van der Waals surface area (Å²) in [7, 11) is 0. The molecule has 0 bridgehead atoms. The van der Waals surface area contributed by atoms with Crippen molar-refractivity contribution in [3.05, 3.63) is 58.5 Å². The predicted octanol–water partition coefficient (Wildman–Crippen LogP) is 3.09. The van der Waals surface area contributed by atoms with Crippen LogP contribution in [-0.4, -0.2) is 23.0 Å². The number of rotatable bonds is 5. The number of amides is 2. The molecule has 7 nitrogen and oxygen atoms in total. The number of nitrogens with one attached hydrogen (secondary N) is 3. The van der Waals surface area contributed by atoms with Crippen LogP contribution in [0, 0.1) is 0 Å². The molecule has 0 aliphatic carbocycles.